The highest BCUT2D eigenvalue weighted by molar-refractivity contribution is 5.85. The van der Waals surface area contributed by atoms with E-state index in [9.17, 15) is 0 Å². The Bertz CT molecular complexity index is 637. The van der Waals surface area contributed by atoms with Crippen LogP contribution in [0.3, 0.4) is 0 Å². The highest BCUT2D eigenvalue weighted by Crippen LogP contribution is 2.32. The zero-order valence-corrected chi connectivity index (χ0v) is 18.5. The van der Waals surface area contributed by atoms with Crippen LogP contribution in [0.2, 0.25) is 0 Å². The van der Waals surface area contributed by atoms with Gasteiger partial charge in [0, 0.05) is 37.9 Å². The van der Waals surface area contributed by atoms with E-state index in [1.165, 1.54) is 63.7 Å². The first kappa shape index (κ1) is 22.2. The highest BCUT2D eigenvalue weighted by atomic mass is 35.5. The number of nitrogens with one attached hydrogen (secondary N) is 1. The third-order valence-electron chi connectivity index (χ3n) is 7.22. The van der Waals surface area contributed by atoms with Gasteiger partial charge in [-0.3, -0.25) is 4.90 Å². The van der Waals surface area contributed by atoms with E-state index in [1.54, 1.807) is 11.1 Å². The number of fused-ring (bicyclic) bond motifs is 1. The van der Waals surface area contributed by atoms with Gasteiger partial charge in [-0.05, 0) is 81.3 Å². The van der Waals surface area contributed by atoms with Crippen molar-refractivity contribution < 1.29 is 4.74 Å². The summed E-state index contributed by atoms with van der Waals surface area (Å²) in [6.07, 6.45) is 8.86. The van der Waals surface area contributed by atoms with E-state index in [4.69, 9.17) is 4.74 Å². The van der Waals surface area contributed by atoms with E-state index in [2.05, 4.69) is 33.3 Å². The molecule has 6 heteroatoms. The molecule has 0 bridgehead atoms. The lowest BCUT2D eigenvalue weighted by Crippen LogP contribution is -2.59. The summed E-state index contributed by atoms with van der Waals surface area (Å²) in [6, 6.07) is 7.97. The van der Waals surface area contributed by atoms with Gasteiger partial charge in [-0.15, -0.1) is 24.8 Å². The van der Waals surface area contributed by atoms with Gasteiger partial charge < -0.3 is 15.0 Å². The Morgan fingerprint density at radius 1 is 0.964 bits per heavy atom. The minimum absolute atomic E-state index is 0. The van der Waals surface area contributed by atoms with Gasteiger partial charge in [0.15, 0.2) is 0 Å². The maximum absolute atomic E-state index is 6.27. The zero-order chi connectivity index (χ0) is 17.4. The second kappa shape index (κ2) is 9.53. The molecule has 0 radical (unpaired) electrons. The molecule has 0 unspecified atom stereocenters. The lowest BCUT2D eigenvalue weighted by Gasteiger charge is -2.49. The number of piperidine rings is 2. The molecule has 1 spiro atoms. The van der Waals surface area contributed by atoms with Crippen LogP contribution in [0.1, 0.15) is 43.2 Å². The monoisotopic (exact) mass is 427 g/mol. The second-order valence-corrected chi connectivity index (χ2v) is 8.78. The fraction of sp³-hybridized carbons (Fsp3) is 0.727. The largest absolute Gasteiger partial charge is 0.372 e. The number of hydrogen-bond acceptors (Lipinski definition) is 4. The van der Waals surface area contributed by atoms with Crippen LogP contribution in [0.25, 0.3) is 0 Å². The molecule has 5 rings (SSSR count). The Labute approximate surface area is 182 Å². The van der Waals surface area contributed by atoms with Gasteiger partial charge in [0.25, 0.3) is 0 Å². The van der Waals surface area contributed by atoms with Gasteiger partial charge >= 0.3 is 0 Å². The van der Waals surface area contributed by atoms with Crippen LogP contribution in [-0.4, -0.2) is 62.4 Å². The van der Waals surface area contributed by atoms with Gasteiger partial charge in [0.1, 0.15) is 0 Å². The Morgan fingerprint density at radius 3 is 2.50 bits per heavy atom. The SMILES string of the molecule is Cl.Cl.c1cc2c(cc1N1CCC(N3CCOC4(CCNCC4)C3)CC1)CCC2. The highest BCUT2D eigenvalue weighted by Gasteiger charge is 2.40. The van der Waals surface area contributed by atoms with Crippen molar-refractivity contribution in [3.8, 4) is 0 Å². The van der Waals surface area contributed by atoms with Crippen molar-refractivity contribution in [2.75, 3.05) is 50.8 Å². The third-order valence-corrected chi connectivity index (χ3v) is 7.22. The summed E-state index contributed by atoms with van der Waals surface area (Å²) >= 11 is 0. The predicted octanol–water partition coefficient (Wildman–Crippen LogP) is 3.44. The van der Waals surface area contributed by atoms with Crippen molar-refractivity contribution in [3.63, 3.8) is 0 Å². The van der Waals surface area contributed by atoms with Crippen LogP contribution in [0.5, 0.6) is 0 Å². The lowest BCUT2D eigenvalue weighted by atomic mass is 9.89. The Balaban J connectivity index is 0.00000112. The molecule has 3 fully saturated rings. The molecule has 1 aliphatic carbocycles. The van der Waals surface area contributed by atoms with Crippen molar-refractivity contribution in [3.05, 3.63) is 29.3 Å². The minimum Gasteiger partial charge on any atom is -0.372 e. The van der Waals surface area contributed by atoms with E-state index < -0.39 is 0 Å². The summed E-state index contributed by atoms with van der Waals surface area (Å²) in [6.45, 7) is 7.84. The fourth-order valence-electron chi connectivity index (χ4n) is 5.61. The van der Waals surface area contributed by atoms with Crippen LogP contribution in [0.4, 0.5) is 5.69 Å². The standard InChI is InChI=1S/C22H33N3O.2ClH/c1-2-18-4-5-21(16-19(18)3-1)24-12-6-20(7-13-24)25-14-15-26-22(17-25)8-10-23-11-9-22;;/h4-5,16,20,23H,1-3,6-15,17H2;2*1H. The van der Waals surface area contributed by atoms with E-state index in [1.807, 2.05) is 0 Å². The number of morpholine rings is 1. The second-order valence-electron chi connectivity index (χ2n) is 8.78. The van der Waals surface area contributed by atoms with Gasteiger partial charge in [-0.2, -0.15) is 0 Å². The number of rotatable bonds is 2. The van der Waals surface area contributed by atoms with Crippen LogP contribution >= 0.6 is 24.8 Å². The smallest absolute Gasteiger partial charge is 0.0833 e. The van der Waals surface area contributed by atoms with E-state index in [0.29, 0.717) is 0 Å². The molecular weight excluding hydrogens is 393 g/mol. The van der Waals surface area contributed by atoms with Crippen molar-refractivity contribution in [2.24, 2.45) is 0 Å². The molecule has 28 heavy (non-hydrogen) atoms. The number of ether oxygens (including phenoxy) is 1. The van der Waals surface area contributed by atoms with E-state index in [0.717, 1.165) is 38.8 Å². The van der Waals surface area contributed by atoms with Crippen LogP contribution < -0.4 is 10.2 Å². The fourth-order valence-corrected chi connectivity index (χ4v) is 5.61. The zero-order valence-electron chi connectivity index (χ0n) is 16.8. The van der Waals surface area contributed by atoms with Crippen LogP contribution in [0.15, 0.2) is 18.2 Å². The number of nitrogens with zero attached hydrogens (tertiary/aromatic N) is 2. The van der Waals surface area contributed by atoms with Crippen molar-refractivity contribution in [1.82, 2.24) is 10.2 Å². The maximum atomic E-state index is 6.27. The first-order chi connectivity index (χ1) is 12.8. The average Bonchev–Trinajstić information content (AvgIpc) is 3.17. The molecule has 0 amide bonds. The molecule has 0 aromatic heterocycles. The molecule has 3 aliphatic heterocycles. The molecule has 4 aliphatic rings. The quantitative estimate of drug-likeness (QED) is 0.781. The molecule has 1 N–H and O–H groups in total. The number of halogens is 2. The predicted molar refractivity (Wildman–Crippen MR) is 121 cm³/mol. The Morgan fingerprint density at radius 2 is 1.71 bits per heavy atom. The first-order valence-corrected chi connectivity index (χ1v) is 10.8. The van der Waals surface area contributed by atoms with Gasteiger partial charge in [-0.1, -0.05) is 6.07 Å². The first-order valence-electron chi connectivity index (χ1n) is 10.8. The summed E-state index contributed by atoms with van der Waals surface area (Å²) in [5.41, 5.74) is 4.79. The topological polar surface area (TPSA) is 27.7 Å². The summed E-state index contributed by atoms with van der Waals surface area (Å²) in [4.78, 5) is 5.38. The molecular formula is C22H35Cl2N3O. The minimum atomic E-state index is 0. The molecule has 158 valence electrons. The van der Waals surface area contributed by atoms with Crippen LogP contribution in [-0.2, 0) is 17.6 Å². The number of benzene rings is 1. The molecule has 0 saturated carbocycles. The average molecular weight is 428 g/mol. The van der Waals surface area contributed by atoms with Crippen molar-refractivity contribution in [1.29, 1.82) is 0 Å². The number of aryl methyl sites for hydroxylation is 2. The number of hydrogen-bond donors (Lipinski definition) is 1. The molecule has 4 nitrogen and oxygen atoms in total. The van der Waals surface area contributed by atoms with Gasteiger partial charge in [0.2, 0.25) is 0 Å². The Kier molecular flexibility index (Phi) is 7.54. The summed E-state index contributed by atoms with van der Waals surface area (Å²) in [5, 5.41) is 3.49. The number of anilines is 1. The summed E-state index contributed by atoms with van der Waals surface area (Å²) < 4.78 is 6.27. The lowest BCUT2D eigenvalue weighted by molar-refractivity contribution is -0.133. The molecule has 0 atom stereocenters. The summed E-state index contributed by atoms with van der Waals surface area (Å²) in [7, 11) is 0. The van der Waals surface area contributed by atoms with Gasteiger partial charge in [-0.25, -0.2) is 0 Å². The molecule has 1 aromatic rings. The maximum Gasteiger partial charge on any atom is 0.0833 e. The van der Waals surface area contributed by atoms with Gasteiger partial charge in [0.05, 0.1) is 12.2 Å². The normalized spacial score (nSPS) is 25.1. The van der Waals surface area contributed by atoms with Crippen molar-refractivity contribution in [2.45, 2.75) is 56.6 Å². The molecule has 3 heterocycles. The van der Waals surface area contributed by atoms with E-state index >= 15 is 0 Å². The summed E-state index contributed by atoms with van der Waals surface area (Å²) in [5.74, 6) is 0. The third kappa shape index (κ3) is 4.46. The van der Waals surface area contributed by atoms with E-state index in [-0.39, 0.29) is 30.4 Å². The van der Waals surface area contributed by atoms with Crippen LogP contribution in [0, 0.1) is 0 Å². The van der Waals surface area contributed by atoms with Crippen molar-refractivity contribution >= 4 is 30.5 Å². The molecule has 3 saturated heterocycles. The molecule has 1 aromatic carbocycles. The Hall–Kier alpha value is -0.520.